The fourth-order valence-corrected chi connectivity index (χ4v) is 4.56. The molecule has 0 radical (unpaired) electrons. The zero-order valence-electron chi connectivity index (χ0n) is 20.1. The zero-order valence-corrected chi connectivity index (χ0v) is 20.9. The predicted octanol–water partition coefficient (Wildman–Crippen LogP) is 5.18. The Bertz CT molecular complexity index is 1110. The molecule has 2 aromatic rings. The van der Waals surface area contributed by atoms with Crippen LogP contribution < -0.4 is 0 Å². The molecule has 34 heavy (non-hydrogen) atoms. The summed E-state index contributed by atoms with van der Waals surface area (Å²) in [6.07, 6.45) is 0.129. The first-order valence-corrected chi connectivity index (χ1v) is 12.0. The third kappa shape index (κ3) is 5.50. The molecule has 0 spiro atoms. The molecular formula is C27H31ClN2O4. The van der Waals surface area contributed by atoms with Gasteiger partial charge in [-0.2, -0.15) is 0 Å². The zero-order chi connectivity index (χ0) is 24.8. The third-order valence-electron chi connectivity index (χ3n) is 6.13. The maximum absolute atomic E-state index is 13.3. The Kier molecular flexibility index (Phi) is 8.51. The van der Waals surface area contributed by atoms with Crippen LogP contribution in [0.3, 0.4) is 0 Å². The average molecular weight is 483 g/mol. The van der Waals surface area contributed by atoms with Gasteiger partial charge in [0, 0.05) is 41.7 Å². The molecule has 1 heterocycles. The molecule has 0 saturated heterocycles. The van der Waals surface area contributed by atoms with Gasteiger partial charge in [0.25, 0.3) is 5.91 Å². The van der Waals surface area contributed by atoms with E-state index < -0.39 is 11.9 Å². The van der Waals surface area contributed by atoms with E-state index in [9.17, 15) is 14.4 Å². The minimum atomic E-state index is -0.437. The standard InChI is InChI=1S/C27H31ClN2O4/c1-5-29(6-2)26(32)21-12-8-10-19(14-21)17-30-18(4)25(27(33)34-7-3)23(16-24(30)31)20-11-9-13-22(28)15-20/h8-15,23H,5-7,16-17H2,1-4H3. The minimum absolute atomic E-state index is 0.0442. The molecule has 1 atom stereocenters. The molecule has 2 aromatic carbocycles. The predicted molar refractivity (Wildman–Crippen MR) is 132 cm³/mol. The number of rotatable bonds is 8. The van der Waals surface area contributed by atoms with Crippen LogP contribution in [0, 0.1) is 0 Å². The molecule has 7 heteroatoms. The number of hydrogen-bond acceptors (Lipinski definition) is 4. The van der Waals surface area contributed by atoms with E-state index >= 15 is 0 Å². The number of hydrogen-bond donors (Lipinski definition) is 0. The third-order valence-corrected chi connectivity index (χ3v) is 6.37. The Morgan fingerprint density at radius 1 is 1.09 bits per heavy atom. The molecule has 6 nitrogen and oxygen atoms in total. The van der Waals surface area contributed by atoms with Crippen molar-refractivity contribution in [3.05, 3.63) is 81.5 Å². The van der Waals surface area contributed by atoms with Crippen molar-refractivity contribution in [2.45, 2.75) is 46.6 Å². The maximum atomic E-state index is 13.3. The first-order valence-electron chi connectivity index (χ1n) is 11.6. The molecule has 1 aliphatic heterocycles. The minimum Gasteiger partial charge on any atom is -0.463 e. The van der Waals surface area contributed by atoms with Gasteiger partial charge in [0.15, 0.2) is 0 Å². The summed E-state index contributed by atoms with van der Waals surface area (Å²) < 4.78 is 5.35. The highest BCUT2D eigenvalue weighted by Gasteiger charge is 2.37. The molecule has 2 amide bonds. The van der Waals surface area contributed by atoms with E-state index in [1.54, 1.807) is 41.8 Å². The Hall–Kier alpha value is -3.12. The second-order valence-electron chi connectivity index (χ2n) is 8.19. The van der Waals surface area contributed by atoms with E-state index in [0.29, 0.717) is 34.9 Å². The average Bonchev–Trinajstić information content (AvgIpc) is 2.82. The van der Waals surface area contributed by atoms with Crippen LogP contribution in [-0.4, -0.2) is 47.3 Å². The van der Waals surface area contributed by atoms with Crippen molar-refractivity contribution in [3.8, 4) is 0 Å². The van der Waals surface area contributed by atoms with Crippen LogP contribution >= 0.6 is 11.6 Å². The molecule has 0 saturated carbocycles. The van der Waals surface area contributed by atoms with Gasteiger partial charge in [0.2, 0.25) is 5.91 Å². The van der Waals surface area contributed by atoms with Gasteiger partial charge in [0.05, 0.1) is 18.7 Å². The number of ether oxygens (including phenoxy) is 1. The van der Waals surface area contributed by atoms with Crippen molar-refractivity contribution in [3.63, 3.8) is 0 Å². The monoisotopic (exact) mass is 482 g/mol. The molecule has 0 fully saturated rings. The van der Waals surface area contributed by atoms with E-state index in [-0.39, 0.29) is 31.4 Å². The quantitative estimate of drug-likeness (QED) is 0.486. The summed E-state index contributed by atoms with van der Waals surface area (Å²) in [5, 5.41) is 0.544. The van der Waals surface area contributed by atoms with Crippen LogP contribution in [0.25, 0.3) is 0 Å². The van der Waals surface area contributed by atoms with E-state index in [2.05, 4.69) is 0 Å². The Labute approximate surface area is 206 Å². The van der Waals surface area contributed by atoms with Crippen LogP contribution in [0.1, 0.15) is 61.5 Å². The van der Waals surface area contributed by atoms with Gasteiger partial charge >= 0.3 is 5.97 Å². The summed E-state index contributed by atoms with van der Waals surface area (Å²) in [6, 6.07) is 14.5. The van der Waals surface area contributed by atoms with E-state index in [1.165, 1.54) is 0 Å². The number of allylic oxidation sites excluding steroid dienone is 1. The second-order valence-corrected chi connectivity index (χ2v) is 8.63. The van der Waals surface area contributed by atoms with Gasteiger partial charge in [-0.1, -0.05) is 35.9 Å². The number of benzene rings is 2. The van der Waals surface area contributed by atoms with Gasteiger partial charge in [0.1, 0.15) is 0 Å². The molecule has 0 aromatic heterocycles. The van der Waals surface area contributed by atoms with Crippen molar-refractivity contribution in [1.82, 2.24) is 9.80 Å². The van der Waals surface area contributed by atoms with Crippen LogP contribution in [0.15, 0.2) is 59.8 Å². The molecule has 0 N–H and O–H groups in total. The van der Waals surface area contributed by atoms with Gasteiger partial charge in [-0.3, -0.25) is 9.59 Å². The maximum Gasteiger partial charge on any atom is 0.336 e. The molecule has 1 aliphatic rings. The molecular weight excluding hydrogens is 452 g/mol. The second kappa shape index (κ2) is 11.3. The molecule has 3 rings (SSSR count). The van der Waals surface area contributed by atoms with Crippen LogP contribution in [0.4, 0.5) is 0 Å². The number of carbonyl (C=O) groups excluding carboxylic acids is 3. The van der Waals surface area contributed by atoms with Gasteiger partial charge in [-0.05, 0) is 63.1 Å². The van der Waals surface area contributed by atoms with Gasteiger partial charge < -0.3 is 14.5 Å². The largest absolute Gasteiger partial charge is 0.463 e. The van der Waals surface area contributed by atoms with Crippen molar-refractivity contribution in [2.24, 2.45) is 0 Å². The lowest BCUT2D eigenvalue weighted by atomic mass is 9.83. The van der Waals surface area contributed by atoms with Crippen molar-refractivity contribution in [2.75, 3.05) is 19.7 Å². The summed E-state index contributed by atoms with van der Waals surface area (Å²) in [7, 11) is 0. The van der Waals surface area contributed by atoms with Crippen LogP contribution in [0.2, 0.25) is 5.02 Å². The lowest BCUT2D eigenvalue weighted by Gasteiger charge is -2.34. The summed E-state index contributed by atoms with van der Waals surface area (Å²) in [5.41, 5.74) is 3.21. The lowest BCUT2D eigenvalue weighted by molar-refractivity contribution is -0.140. The van der Waals surface area contributed by atoms with Crippen molar-refractivity contribution >= 4 is 29.4 Å². The molecule has 180 valence electrons. The number of nitrogens with zero attached hydrogens (tertiary/aromatic N) is 2. The summed E-state index contributed by atoms with van der Waals surface area (Å²) in [5.74, 6) is -1.02. The number of halogens is 1. The molecule has 0 aliphatic carbocycles. The molecule has 0 bridgehead atoms. The highest BCUT2D eigenvalue weighted by Crippen LogP contribution is 2.38. The number of carbonyl (C=O) groups is 3. The van der Waals surface area contributed by atoms with Crippen LogP contribution in [-0.2, 0) is 20.9 Å². The first kappa shape index (κ1) is 25.5. The van der Waals surface area contributed by atoms with E-state index in [1.807, 2.05) is 44.2 Å². The summed E-state index contributed by atoms with van der Waals surface area (Å²) >= 11 is 6.19. The first-order chi connectivity index (χ1) is 16.3. The number of esters is 1. The highest BCUT2D eigenvalue weighted by atomic mass is 35.5. The van der Waals surface area contributed by atoms with Gasteiger partial charge in [-0.25, -0.2) is 4.79 Å². The Morgan fingerprint density at radius 3 is 2.44 bits per heavy atom. The fraction of sp³-hybridized carbons (Fsp3) is 0.370. The van der Waals surface area contributed by atoms with Gasteiger partial charge in [-0.15, -0.1) is 0 Å². The smallest absolute Gasteiger partial charge is 0.336 e. The Balaban J connectivity index is 1.97. The highest BCUT2D eigenvalue weighted by molar-refractivity contribution is 6.30. The SMILES string of the molecule is CCOC(=O)C1=C(C)N(Cc2cccc(C(=O)N(CC)CC)c2)C(=O)CC1c1cccc(Cl)c1. The van der Waals surface area contributed by atoms with Crippen molar-refractivity contribution in [1.29, 1.82) is 0 Å². The Morgan fingerprint density at radius 2 is 1.79 bits per heavy atom. The lowest BCUT2D eigenvalue weighted by Crippen LogP contribution is -2.38. The molecule has 1 unspecified atom stereocenters. The normalized spacial score (nSPS) is 16.0. The number of amides is 2. The van der Waals surface area contributed by atoms with Crippen molar-refractivity contribution < 1.29 is 19.1 Å². The fourth-order valence-electron chi connectivity index (χ4n) is 4.36. The topological polar surface area (TPSA) is 66.9 Å². The van der Waals surface area contributed by atoms with Crippen LogP contribution in [0.5, 0.6) is 0 Å². The van der Waals surface area contributed by atoms with E-state index in [4.69, 9.17) is 16.3 Å². The van der Waals surface area contributed by atoms with E-state index in [0.717, 1.165) is 11.1 Å². The summed E-state index contributed by atoms with van der Waals surface area (Å²) in [4.78, 5) is 42.4. The summed E-state index contributed by atoms with van der Waals surface area (Å²) in [6.45, 7) is 9.16.